The number of aromatic nitrogens is 1. The van der Waals surface area contributed by atoms with Crippen LogP contribution in [-0.4, -0.2) is 23.6 Å². The number of aromatic hydroxyl groups is 1. The van der Waals surface area contributed by atoms with Crippen LogP contribution in [0, 0.1) is 6.92 Å². The van der Waals surface area contributed by atoms with Gasteiger partial charge in [0.25, 0.3) is 0 Å². The summed E-state index contributed by atoms with van der Waals surface area (Å²) >= 11 is 0. The van der Waals surface area contributed by atoms with E-state index in [1.807, 2.05) is 24.3 Å². The smallest absolute Gasteiger partial charge is 0.189 e. The molecule has 126 valence electrons. The summed E-state index contributed by atoms with van der Waals surface area (Å²) in [5.74, 6) is 0.613. The molecule has 0 unspecified atom stereocenters. The summed E-state index contributed by atoms with van der Waals surface area (Å²) in [5, 5.41) is 11.4. The number of rotatable bonds is 6. The van der Waals surface area contributed by atoms with Gasteiger partial charge < -0.3 is 19.1 Å². The fourth-order valence-electron chi connectivity index (χ4n) is 3.25. The molecule has 1 aromatic heterocycles. The van der Waals surface area contributed by atoms with Crippen LogP contribution in [0.3, 0.4) is 0 Å². The molecule has 0 aliphatic rings. The fraction of sp³-hybridized carbons (Fsp3) is 0.300. The number of benzene rings is 2. The lowest BCUT2D eigenvalue weighted by molar-refractivity contribution is 0.0501. The Kier molecular flexibility index (Phi) is 4.76. The maximum atomic E-state index is 10.3. The van der Waals surface area contributed by atoms with Gasteiger partial charge in [0.15, 0.2) is 18.3 Å². The number of methoxy groups -OCH3 is 1. The molecule has 1 N–H and O–H groups in total. The first-order valence-corrected chi connectivity index (χ1v) is 8.21. The lowest BCUT2D eigenvalue weighted by Gasteiger charge is -2.14. The van der Waals surface area contributed by atoms with Gasteiger partial charge in [-0.1, -0.05) is 37.3 Å². The zero-order valence-electron chi connectivity index (χ0n) is 14.4. The highest BCUT2D eigenvalue weighted by Gasteiger charge is 2.20. The minimum atomic E-state index is 0.101. The van der Waals surface area contributed by atoms with E-state index in [0.29, 0.717) is 5.75 Å². The van der Waals surface area contributed by atoms with Gasteiger partial charge in [-0.2, -0.15) is 0 Å². The summed E-state index contributed by atoms with van der Waals surface area (Å²) in [6.07, 6.45) is 0.989. The van der Waals surface area contributed by atoms with E-state index in [-0.39, 0.29) is 12.5 Å². The summed E-state index contributed by atoms with van der Waals surface area (Å²) in [4.78, 5) is 0. The van der Waals surface area contributed by atoms with E-state index in [9.17, 15) is 5.11 Å². The number of aryl methyl sites for hydroxylation is 2. The molecule has 3 rings (SSSR count). The number of ether oxygens (including phenoxy) is 2. The average Bonchev–Trinajstić information content (AvgIpc) is 2.87. The van der Waals surface area contributed by atoms with Crippen molar-refractivity contribution in [3.8, 4) is 22.8 Å². The molecule has 0 fully saturated rings. The van der Waals surface area contributed by atoms with Gasteiger partial charge in [0, 0.05) is 19.0 Å². The molecule has 2 aromatic carbocycles. The molecule has 4 nitrogen and oxygen atoms in total. The summed E-state index contributed by atoms with van der Waals surface area (Å²) < 4.78 is 13.0. The third-order valence-electron chi connectivity index (χ3n) is 4.23. The minimum Gasteiger partial charge on any atom is -0.504 e. The highest BCUT2D eigenvalue weighted by Crippen LogP contribution is 2.42. The predicted molar refractivity (Wildman–Crippen MR) is 96.6 cm³/mol. The van der Waals surface area contributed by atoms with E-state index in [1.54, 1.807) is 13.2 Å². The molecule has 0 aliphatic heterocycles. The van der Waals surface area contributed by atoms with Crippen LogP contribution in [0.2, 0.25) is 0 Å². The topological polar surface area (TPSA) is 43.6 Å². The Morgan fingerprint density at radius 3 is 2.50 bits per heavy atom. The molecule has 0 radical (unpaired) electrons. The molecule has 1 heterocycles. The van der Waals surface area contributed by atoms with E-state index in [2.05, 4.69) is 30.5 Å². The quantitative estimate of drug-likeness (QED) is 0.667. The minimum absolute atomic E-state index is 0.101. The van der Waals surface area contributed by atoms with E-state index < -0.39 is 0 Å². The summed E-state index contributed by atoms with van der Waals surface area (Å²) in [6, 6.07) is 14.0. The van der Waals surface area contributed by atoms with Crippen LogP contribution < -0.4 is 4.74 Å². The molecule has 3 aromatic rings. The molecular formula is C20H23NO3. The maximum absolute atomic E-state index is 10.3. The number of hydrogen-bond acceptors (Lipinski definition) is 3. The zero-order valence-corrected chi connectivity index (χ0v) is 14.4. The largest absolute Gasteiger partial charge is 0.504 e. The third kappa shape index (κ3) is 2.74. The second kappa shape index (κ2) is 6.97. The van der Waals surface area contributed by atoms with Crippen LogP contribution in [-0.2, 0) is 11.3 Å². The van der Waals surface area contributed by atoms with E-state index in [1.165, 1.54) is 11.3 Å². The van der Waals surface area contributed by atoms with Crippen LogP contribution in [0.1, 0.15) is 18.9 Å². The number of fused-ring (bicyclic) bond motifs is 1. The van der Waals surface area contributed by atoms with Gasteiger partial charge in [-0.15, -0.1) is 0 Å². The molecule has 0 bridgehead atoms. The van der Waals surface area contributed by atoms with Crippen molar-refractivity contribution in [1.82, 2.24) is 4.57 Å². The molecule has 0 atom stereocenters. The predicted octanol–water partition coefficient (Wildman–Crippen LogP) is 4.72. The second-order valence-electron chi connectivity index (χ2n) is 5.85. The van der Waals surface area contributed by atoms with Crippen LogP contribution >= 0.6 is 0 Å². The lowest BCUT2D eigenvalue weighted by atomic mass is 10.1. The van der Waals surface area contributed by atoms with Gasteiger partial charge >= 0.3 is 0 Å². The van der Waals surface area contributed by atoms with Crippen molar-refractivity contribution in [3.63, 3.8) is 0 Å². The molecule has 0 saturated heterocycles. The Morgan fingerprint density at radius 1 is 1.08 bits per heavy atom. The van der Waals surface area contributed by atoms with Crippen molar-refractivity contribution in [1.29, 1.82) is 0 Å². The third-order valence-corrected chi connectivity index (χ3v) is 4.23. The maximum Gasteiger partial charge on any atom is 0.189 e. The average molecular weight is 325 g/mol. The normalized spacial score (nSPS) is 11.1. The van der Waals surface area contributed by atoms with Crippen molar-refractivity contribution in [2.45, 2.75) is 26.8 Å². The first kappa shape index (κ1) is 16.4. The Balaban J connectivity index is 2.33. The van der Waals surface area contributed by atoms with E-state index in [4.69, 9.17) is 9.47 Å². The molecule has 4 heteroatoms. The van der Waals surface area contributed by atoms with Gasteiger partial charge in [-0.05, 0) is 36.6 Å². The Labute approximate surface area is 142 Å². The van der Waals surface area contributed by atoms with Crippen molar-refractivity contribution in [2.24, 2.45) is 0 Å². The molecule has 0 aliphatic carbocycles. The first-order valence-electron chi connectivity index (χ1n) is 8.21. The highest BCUT2D eigenvalue weighted by atomic mass is 16.7. The van der Waals surface area contributed by atoms with Crippen molar-refractivity contribution >= 4 is 10.9 Å². The monoisotopic (exact) mass is 325 g/mol. The number of phenols is 1. The van der Waals surface area contributed by atoms with Gasteiger partial charge in [0.1, 0.15) is 0 Å². The lowest BCUT2D eigenvalue weighted by Crippen LogP contribution is -2.04. The summed E-state index contributed by atoms with van der Waals surface area (Å²) in [7, 11) is 1.57. The van der Waals surface area contributed by atoms with Gasteiger partial charge in [0.05, 0.1) is 11.2 Å². The number of phenolic OH excluding ortho intramolecular Hbond substituents is 1. The molecular weight excluding hydrogens is 302 g/mol. The summed E-state index contributed by atoms with van der Waals surface area (Å²) in [5.41, 5.74) is 4.44. The van der Waals surface area contributed by atoms with Gasteiger partial charge in [0.2, 0.25) is 0 Å². The highest BCUT2D eigenvalue weighted by molar-refractivity contribution is 5.96. The SMILES string of the molecule is CCCn1c(-c2ccccc2)c(C)c2ccc(O)c(OCOC)c21. The van der Waals surface area contributed by atoms with Crippen LogP contribution in [0.15, 0.2) is 42.5 Å². The van der Waals surface area contributed by atoms with Crippen molar-refractivity contribution < 1.29 is 14.6 Å². The first-order chi connectivity index (χ1) is 11.7. The molecule has 0 spiro atoms. The van der Waals surface area contributed by atoms with Gasteiger partial charge in [-0.25, -0.2) is 0 Å². The Morgan fingerprint density at radius 2 is 1.83 bits per heavy atom. The zero-order chi connectivity index (χ0) is 17.1. The van der Waals surface area contributed by atoms with Crippen molar-refractivity contribution in [3.05, 3.63) is 48.0 Å². The van der Waals surface area contributed by atoms with Crippen molar-refractivity contribution in [2.75, 3.05) is 13.9 Å². The second-order valence-corrected chi connectivity index (χ2v) is 5.85. The Bertz CT molecular complexity index is 837. The van der Waals surface area contributed by atoms with E-state index >= 15 is 0 Å². The fourth-order valence-corrected chi connectivity index (χ4v) is 3.25. The number of hydrogen-bond donors (Lipinski definition) is 1. The van der Waals surface area contributed by atoms with Crippen LogP contribution in [0.4, 0.5) is 0 Å². The summed E-state index contributed by atoms with van der Waals surface area (Å²) in [6.45, 7) is 5.22. The van der Waals surface area contributed by atoms with Crippen LogP contribution in [0.25, 0.3) is 22.2 Å². The van der Waals surface area contributed by atoms with Crippen LogP contribution in [0.5, 0.6) is 11.5 Å². The van der Waals surface area contributed by atoms with E-state index in [0.717, 1.165) is 29.4 Å². The molecule has 24 heavy (non-hydrogen) atoms. The standard InChI is InChI=1S/C20H23NO3/c1-4-12-21-18(15-8-6-5-7-9-15)14(2)16-10-11-17(22)20(19(16)21)24-13-23-3/h5-11,22H,4,12-13H2,1-3H3. The molecule has 0 saturated carbocycles. The molecule has 0 amide bonds. The number of nitrogens with zero attached hydrogens (tertiary/aromatic N) is 1. The Hall–Kier alpha value is -2.46. The van der Waals surface area contributed by atoms with Gasteiger partial charge in [-0.3, -0.25) is 0 Å².